The Labute approximate surface area is 183 Å². The largest absolute Gasteiger partial charge is 0.346 e. The van der Waals surface area contributed by atoms with Crippen molar-refractivity contribution in [1.82, 2.24) is 5.01 Å². The lowest BCUT2D eigenvalue weighted by atomic mass is 10.0. The maximum absolute atomic E-state index is 6.49. The van der Waals surface area contributed by atoms with Gasteiger partial charge in [-0.2, -0.15) is 5.10 Å². The van der Waals surface area contributed by atoms with Crippen molar-refractivity contribution in [2.24, 2.45) is 11.0 Å². The van der Waals surface area contributed by atoms with Gasteiger partial charge in [0, 0.05) is 17.3 Å². The summed E-state index contributed by atoms with van der Waals surface area (Å²) >= 11 is 0. The summed E-state index contributed by atoms with van der Waals surface area (Å²) in [5.41, 5.74) is 2.04. The lowest BCUT2D eigenvalue weighted by Gasteiger charge is -2.37. The molecule has 2 aromatic rings. The quantitative estimate of drug-likeness (QED) is 0.673. The molecule has 6 atom stereocenters. The van der Waals surface area contributed by atoms with Crippen molar-refractivity contribution < 1.29 is 18.9 Å². The summed E-state index contributed by atoms with van der Waals surface area (Å²) in [5, 5.41) is 6.91. The summed E-state index contributed by atoms with van der Waals surface area (Å²) in [5.74, 6) is 0.556. The maximum Gasteiger partial charge on any atom is 0.184 e. The Hall–Kier alpha value is -2.25. The Balaban J connectivity index is 1.39. The van der Waals surface area contributed by atoms with E-state index in [1.165, 1.54) is 0 Å². The molecule has 6 nitrogen and oxygen atoms in total. The van der Waals surface area contributed by atoms with Gasteiger partial charge in [0.15, 0.2) is 12.6 Å². The molecule has 0 N–H and O–H groups in total. The van der Waals surface area contributed by atoms with Crippen molar-refractivity contribution in [3.8, 4) is 0 Å². The zero-order valence-electron chi connectivity index (χ0n) is 18.0. The van der Waals surface area contributed by atoms with E-state index in [-0.39, 0.29) is 24.3 Å². The van der Waals surface area contributed by atoms with Gasteiger partial charge in [-0.05, 0) is 12.3 Å². The van der Waals surface area contributed by atoms with Crippen LogP contribution >= 0.6 is 0 Å². The predicted octanol–water partition coefficient (Wildman–Crippen LogP) is 4.30. The number of fused-ring (bicyclic) bond motifs is 3. The van der Waals surface area contributed by atoms with E-state index < -0.39 is 12.6 Å². The Morgan fingerprint density at radius 3 is 1.77 bits per heavy atom. The van der Waals surface area contributed by atoms with E-state index in [0.29, 0.717) is 19.1 Å². The molecule has 0 aromatic heterocycles. The van der Waals surface area contributed by atoms with Crippen LogP contribution in [0.15, 0.2) is 65.8 Å². The monoisotopic (exact) mass is 422 g/mol. The molecule has 0 aliphatic carbocycles. The third-order valence-corrected chi connectivity index (χ3v) is 6.10. The van der Waals surface area contributed by atoms with Gasteiger partial charge in [0.2, 0.25) is 0 Å². The van der Waals surface area contributed by atoms with Crippen LogP contribution in [0.3, 0.4) is 0 Å². The van der Waals surface area contributed by atoms with Crippen LogP contribution in [-0.4, -0.2) is 48.7 Å². The first-order valence-corrected chi connectivity index (χ1v) is 11.2. The van der Waals surface area contributed by atoms with Gasteiger partial charge in [-0.25, -0.2) is 0 Å². The van der Waals surface area contributed by atoms with E-state index in [2.05, 4.69) is 18.9 Å². The van der Waals surface area contributed by atoms with Crippen molar-refractivity contribution in [3.05, 3.63) is 71.8 Å². The van der Waals surface area contributed by atoms with Crippen molar-refractivity contribution in [3.63, 3.8) is 0 Å². The number of hydrogen-bond donors (Lipinski definition) is 0. The molecule has 0 radical (unpaired) electrons. The molecular formula is C25H30N2O4. The smallest absolute Gasteiger partial charge is 0.184 e. The third kappa shape index (κ3) is 4.26. The lowest BCUT2D eigenvalue weighted by Crippen LogP contribution is -2.47. The molecule has 3 saturated heterocycles. The minimum absolute atomic E-state index is 0.00324. The Bertz CT molecular complexity index is 812. The lowest BCUT2D eigenvalue weighted by molar-refractivity contribution is -0.278. The topological polar surface area (TPSA) is 52.5 Å². The van der Waals surface area contributed by atoms with Gasteiger partial charge in [-0.15, -0.1) is 0 Å². The second-order valence-corrected chi connectivity index (χ2v) is 8.80. The molecule has 5 rings (SSSR count). The van der Waals surface area contributed by atoms with E-state index in [0.717, 1.165) is 17.5 Å². The fraction of sp³-hybridized carbons (Fsp3) is 0.480. The van der Waals surface area contributed by atoms with Crippen molar-refractivity contribution >= 4 is 6.21 Å². The van der Waals surface area contributed by atoms with Crippen LogP contribution in [0.2, 0.25) is 0 Å². The second kappa shape index (κ2) is 9.09. The Morgan fingerprint density at radius 1 is 0.839 bits per heavy atom. The molecule has 3 fully saturated rings. The first-order valence-electron chi connectivity index (χ1n) is 11.2. The molecule has 2 aromatic carbocycles. The predicted molar refractivity (Wildman–Crippen MR) is 117 cm³/mol. The minimum Gasteiger partial charge on any atom is -0.346 e. The molecule has 31 heavy (non-hydrogen) atoms. The number of rotatable bonds is 5. The van der Waals surface area contributed by atoms with E-state index in [1.807, 2.05) is 66.9 Å². The van der Waals surface area contributed by atoms with Gasteiger partial charge in [-0.1, -0.05) is 74.5 Å². The van der Waals surface area contributed by atoms with Crippen LogP contribution in [-0.2, 0) is 18.9 Å². The van der Waals surface area contributed by atoms with Crippen LogP contribution in [0.25, 0.3) is 0 Å². The van der Waals surface area contributed by atoms with E-state index in [1.54, 1.807) is 0 Å². The standard InChI is InChI=1S/C25H30N2O4/c1-17(2)13-14-26-27-20-15-28-24(18-9-5-3-6-10-18)30-22(20)23-21(27)16-29-25(31-23)19-11-7-4-8-12-19/h3-12,14,17,20-25H,13,15-16H2,1-2H3/b26-14+/t20-,21-,22+,23+,24?,25?/m0/s1. The summed E-state index contributed by atoms with van der Waals surface area (Å²) in [7, 11) is 0. The molecule has 3 aliphatic rings. The second-order valence-electron chi connectivity index (χ2n) is 8.80. The zero-order chi connectivity index (χ0) is 21.2. The minimum atomic E-state index is -0.399. The highest BCUT2D eigenvalue weighted by Gasteiger charge is 2.56. The summed E-state index contributed by atoms with van der Waals surface area (Å²) in [4.78, 5) is 0. The average Bonchev–Trinajstić information content (AvgIpc) is 3.12. The maximum atomic E-state index is 6.49. The number of hydrazone groups is 1. The molecule has 0 saturated carbocycles. The molecular weight excluding hydrogens is 392 g/mol. The van der Waals surface area contributed by atoms with Gasteiger partial charge < -0.3 is 18.9 Å². The summed E-state index contributed by atoms with van der Waals surface area (Å²) in [6.07, 6.45) is 1.84. The molecule has 6 heteroatoms. The van der Waals surface area contributed by atoms with Gasteiger partial charge in [0.05, 0.1) is 25.3 Å². The number of benzene rings is 2. The van der Waals surface area contributed by atoms with Gasteiger partial charge in [0.25, 0.3) is 0 Å². The molecule has 2 unspecified atom stereocenters. The fourth-order valence-corrected chi connectivity index (χ4v) is 4.49. The fourth-order valence-electron chi connectivity index (χ4n) is 4.49. The van der Waals surface area contributed by atoms with E-state index in [4.69, 9.17) is 24.0 Å². The highest BCUT2D eigenvalue weighted by atomic mass is 16.7. The molecule has 0 amide bonds. The highest BCUT2D eigenvalue weighted by Crippen LogP contribution is 2.42. The van der Waals surface area contributed by atoms with Gasteiger partial charge in [0.1, 0.15) is 12.2 Å². The first-order chi connectivity index (χ1) is 15.2. The van der Waals surface area contributed by atoms with E-state index in [9.17, 15) is 0 Å². The summed E-state index contributed by atoms with van der Waals surface area (Å²) < 4.78 is 25.2. The summed E-state index contributed by atoms with van der Waals surface area (Å²) in [6, 6.07) is 20.1. The van der Waals surface area contributed by atoms with Crippen molar-refractivity contribution in [2.75, 3.05) is 13.2 Å². The molecule has 0 bridgehead atoms. The molecule has 0 spiro atoms. The Morgan fingerprint density at radius 2 is 1.32 bits per heavy atom. The Kier molecular flexibility index (Phi) is 6.05. The number of ether oxygens (including phenoxy) is 4. The van der Waals surface area contributed by atoms with Crippen LogP contribution in [0.4, 0.5) is 0 Å². The summed E-state index contributed by atoms with van der Waals surface area (Å²) in [6.45, 7) is 5.46. The average molecular weight is 423 g/mol. The normalized spacial score (nSPS) is 32.9. The SMILES string of the molecule is CC(C)C/C=N/N1[C@H]2COC(c3ccccc3)O[C@H]2[C@@H]2OC(c3ccccc3)OC[C@@H]21. The van der Waals surface area contributed by atoms with E-state index >= 15 is 0 Å². The molecule has 164 valence electrons. The van der Waals surface area contributed by atoms with Crippen LogP contribution in [0.5, 0.6) is 0 Å². The molecule has 3 heterocycles. The highest BCUT2D eigenvalue weighted by molar-refractivity contribution is 5.57. The van der Waals surface area contributed by atoms with Crippen LogP contribution < -0.4 is 0 Å². The first kappa shape index (κ1) is 20.6. The third-order valence-electron chi connectivity index (χ3n) is 6.10. The van der Waals surface area contributed by atoms with Crippen molar-refractivity contribution in [2.45, 2.75) is 57.1 Å². The molecule has 3 aliphatic heterocycles. The van der Waals surface area contributed by atoms with Crippen molar-refractivity contribution in [1.29, 1.82) is 0 Å². The van der Waals surface area contributed by atoms with Crippen LogP contribution in [0, 0.1) is 5.92 Å². The van der Waals surface area contributed by atoms with Gasteiger partial charge in [-0.3, -0.25) is 5.01 Å². The van der Waals surface area contributed by atoms with Crippen LogP contribution in [0.1, 0.15) is 44.0 Å². The van der Waals surface area contributed by atoms with Gasteiger partial charge >= 0.3 is 0 Å². The number of hydrogen-bond acceptors (Lipinski definition) is 6. The number of nitrogens with zero attached hydrogens (tertiary/aromatic N) is 2. The zero-order valence-corrected chi connectivity index (χ0v) is 18.0.